The molecule has 1 aliphatic rings. The molecule has 10 nitrogen and oxygen atoms in total. The maximum absolute atomic E-state index is 10.4. The molecule has 0 radical (unpaired) electrons. The Morgan fingerprint density at radius 1 is 0.667 bits per heavy atom. The molecule has 0 bridgehead atoms. The van der Waals surface area contributed by atoms with Crippen LogP contribution in [-0.4, -0.2) is 19.9 Å². The van der Waals surface area contributed by atoms with Crippen molar-refractivity contribution in [2.24, 2.45) is 0 Å². The number of non-ortho nitro benzene ring substituents is 1. The maximum atomic E-state index is 10.4. The lowest BCUT2D eigenvalue weighted by Gasteiger charge is -2.01. The minimum atomic E-state index is -1.21. The molecule has 0 heterocycles. The van der Waals surface area contributed by atoms with E-state index in [1.807, 2.05) is 0 Å². The molecule has 0 aromatic heterocycles. The van der Waals surface area contributed by atoms with Crippen LogP contribution in [0.1, 0.15) is 0 Å². The Morgan fingerprint density at radius 2 is 1.21 bits per heavy atom. The van der Waals surface area contributed by atoms with E-state index in [0.717, 1.165) is 4.47 Å². The van der Waals surface area contributed by atoms with Gasteiger partial charge in [0.15, 0.2) is 0 Å². The van der Waals surface area contributed by atoms with Gasteiger partial charge in [0.2, 0.25) is 0 Å². The molecule has 0 saturated heterocycles. The Morgan fingerprint density at radius 3 is 1.73 bits per heavy atom. The molecule has 1 N–H and O–H groups in total. The van der Waals surface area contributed by atoms with Crippen LogP contribution < -0.4 is 0 Å². The molecule has 0 atom stereocenters. The third-order valence-electron chi connectivity index (χ3n) is 5.13. The van der Waals surface area contributed by atoms with E-state index in [1.165, 1.54) is 33.0 Å². The van der Waals surface area contributed by atoms with E-state index in [2.05, 4.69) is 70.5 Å². The van der Waals surface area contributed by atoms with Crippen LogP contribution >= 0.6 is 15.9 Å². The second-order valence-corrected chi connectivity index (χ2v) is 7.92. The summed E-state index contributed by atoms with van der Waals surface area (Å²) in [6, 6.07) is 20.5. The zero-order valence-electron chi connectivity index (χ0n) is 16.5. The van der Waals surface area contributed by atoms with Gasteiger partial charge in [-0.05, 0) is 45.2 Å². The molecule has 11 heteroatoms. The lowest BCUT2D eigenvalue weighted by molar-refractivity contribution is -0.404. The number of hydrogen-bond donors (Lipinski definition) is 1. The van der Waals surface area contributed by atoms with E-state index in [0.29, 0.717) is 12.1 Å². The number of nitrogens with zero attached hydrogens (tertiary/aromatic N) is 3. The predicted octanol–water partition coefficient (Wildman–Crippen LogP) is 6.37. The molecular weight excluding hydrogens is 498 g/mol. The summed E-state index contributed by atoms with van der Waals surface area (Å²) in [6.07, 6.45) is 0. The predicted molar refractivity (Wildman–Crippen MR) is 124 cm³/mol. The van der Waals surface area contributed by atoms with E-state index in [9.17, 15) is 30.3 Å². The smallest absolute Gasteiger partial charge is 0.324 e. The summed E-state index contributed by atoms with van der Waals surface area (Å²) in [5, 5.41) is 42.9. The normalized spacial score (nSPS) is 10.8. The average molecular weight is 510 g/mol. The molecule has 4 aromatic rings. The number of hydrogen-bond acceptors (Lipinski definition) is 7. The first-order chi connectivity index (χ1) is 15.7. The first-order valence-electron chi connectivity index (χ1n) is 9.31. The largest absolute Gasteiger partial charge is 0.497 e. The topological polar surface area (TPSA) is 150 Å². The standard InChI is InChI=1S/C16H9Br.C6H3N3O7/c17-11-7-8-12-13-5-1-3-10-4-2-6-14(16(10)13)15(12)9-11;10-6-4(8(13)14)1-3(7(11)12)2-5(6)9(15)16/h1-9H;1-2,10H. The number of halogens is 1. The molecule has 0 aliphatic heterocycles. The Hall–Kier alpha value is -4.38. The van der Waals surface area contributed by atoms with Crippen molar-refractivity contribution in [1.29, 1.82) is 0 Å². The van der Waals surface area contributed by atoms with Gasteiger partial charge in [0.25, 0.3) is 11.4 Å². The Labute approximate surface area is 193 Å². The number of phenolic OH excluding ortho intramolecular Hbond substituents is 1. The zero-order valence-corrected chi connectivity index (χ0v) is 18.1. The first-order valence-corrected chi connectivity index (χ1v) is 10.1. The van der Waals surface area contributed by atoms with Crippen molar-refractivity contribution in [3.05, 3.63) is 102 Å². The van der Waals surface area contributed by atoms with Crippen LogP contribution in [0.3, 0.4) is 0 Å². The summed E-state index contributed by atoms with van der Waals surface area (Å²) in [5.41, 5.74) is 2.40. The van der Waals surface area contributed by atoms with Crippen LogP contribution in [-0.2, 0) is 0 Å². The fraction of sp³-hybridized carbons (Fsp3) is 0. The van der Waals surface area contributed by atoms with Crippen molar-refractivity contribution in [3.63, 3.8) is 0 Å². The molecule has 0 fully saturated rings. The van der Waals surface area contributed by atoms with E-state index >= 15 is 0 Å². The second-order valence-electron chi connectivity index (χ2n) is 7.00. The lowest BCUT2D eigenvalue weighted by Crippen LogP contribution is -1.97. The molecule has 164 valence electrons. The number of aromatic hydroxyl groups is 1. The van der Waals surface area contributed by atoms with Gasteiger partial charge in [-0.15, -0.1) is 0 Å². The average Bonchev–Trinajstić information content (AvgIpc) is 3.09. The van der Waals surface area contributed by atoms with Crippen molar-refractivity contribution >= 4 is 43.8 Å². The monoisotopic (exact) mass is 509 g/mol. The van der Waals surface area contributed by atoms with Gasteiger partial charge in [0.1, 0.15) is 0 Å². The molecule has 0 amide bonds. The van der Waals surface area contributed by atoms with Gasteiger partial charge >= 0.3 is 11.4 Å². The molecule has 0 spiro atoms. The number of rotatable bonds is 3. The van der Waals surface area contributed by atoms with Crippen molar-refractivity contribution in [3.8, 4) is 28.0 Å². The van der Waals surface area contributed by atoms with E-state index in [1.54, 1.807) is 0 Å². The molecule has 1 aliphatic carbocycles. The molecule has 33 heavy (non-hydrogen) atoms. The van der Waals surface area contributed by atoms with Crippen LogP contribution in [0.15, 0.2) is 71.2 Å². The summed E-state index contributed by atoms with van der Waals surface area (Å²) < 4.78 is 1.14. The first kappa shape index (κ1) is 21.8. The van der Waals surface area contributed by atoms with E-state index < -0.39 is 37.6 Å². The van der Waals surface area contributed by atoms with E-state index in [4.69, 9.17) is 5.11 Å². The molecule has 0 unspecified atom stereocenters. The highest BCUT2D eigenvalue weighted by Gasteiger charge is 2.30. The summed E-state index contributed by atoms with van der Waals surface area (Å²) in [6.45, 7) is 0. The van der Waals surface area contributed by atoms with Crippen molar-refractivity contribution in [1.82, 2.24) is 0 Å². The van der Waals surface area contributed by atoms with Crippen molar-refractivity contribution < 1.29 is 19.9 Å². The highest BCUT2D eigenvalue weighted by molar-refractivity contribution is 9.10. The van der Waals surface area contributed by atoms with E-state index in [-0.39, 0.29) is 0 Å². The van der Waals surface area contributed by atoms with Crippen molar-refractivity contribution in [2.45, 2.75) is 0 Å². The van der Waals surface area contributed by atoms with Gasteiger partial charge in [-0.25, -0.2) is 0 Å². The minimum Gasteiger partial charge on any atom is -0.497 e. The van der Waals surface area contributed by atoms with Gasteiger partial charge < -0.3 is 5.11 Å². The number of benzene rings is 4. The number of nitro benzene ring substituents is 3. The molecule has 5 rings (SSSR count). The highest BCUT2D eigenvalue weighted by atomic mass is 79.9. The highest BCUT2D eigenvalue weighted by Crippen LogP contribution is 2.47. The quantitative estimate of drug-likeness (QED) is 0.219. The Balaban J connectivity index is 0.000000158. The van der Waals surface area contributed by atoms with Crippen LogP contribution in [0.4, 0.5) is 17.1 Å². The van der Waals surface area contributed by atoms with Gasteiger partial charge in [-0.3, -0.25) is 30.3 Å². The number of nitro groups is 3. The third-order valence-corrected chi connectivity index (χ3v) is 5.62. The number of fused-ring (bicyclic) bond motifs is 3. The minimum absolute atomic E-state index is 0.447. The number of phenols is 1. The Bertz CT molecular complexity index is 1450. The molecule has 0 saturated carbocycles. The van der Waals surface area contributed by atoms with Gasteiger partial charge in [0, 0.05) is 4.47 Å². The van der Waals surface area contributed by atoms with Crippen LogP contribution in [0.25, 0.3) is 33.0 Å². The lowest BCUT2D eigenvalue weighted by atomic mass is 10.0. The van der Waals surface area contributed by atoms with Gasteiger partial charge in [-0.1, -0.05) is 58.4 Å². The van der Waals surface area contributed by atoms with Gasteiger partial charge in [-0.2, -0.15) is 0 Å². The van der Waals surface area contributed by atoms with Gasteiger partial charge in [0.05, 0.1) is 26.9 Å². The van der Waals surface area contributed by atoms with Crippen LogP contribution in [0.5, 0.6) is 5.75 Å². The SMILES string of the molecule is Brc1ccc2c(c1)-c1cccc3cccc-2c13.O=[N+]([O-])c1cc([N+](=O)[O-])c(O)c([N+](=O)[O-])c1. The summed E-state index contributed by atoms with van der Waals surface area (Å²) >= 11 is 3.56. The third kappa shape index (κ3) is 3.85. The maximum Gasteiger partial charge on any atom is 0.324 e. The van der Waals surface area contributed by atoms with Crippen LogP contribution in [0.2, 0.25) is 0 Å². The fourth-order valence-corrected chi connectivity index (χ4v) is 4.10. The molecule has 4 aromatic carbocycles. The summed E-state index contributed by atoms with van der Waals surface area (Å²) in [4.78, 5) is 27.8. The summed E-state index contributed by atoms with van der Waals surface area (Å²) in [5.74, 6) is -1.21. The summed E-state index contributed by atoms with van der Waals surface area (Å²) in [7, 11) is 0. The van der Waals surface area contributed by atoms with Crippen molar-refractivity contribution in [2.75, 3.05) is 0 Å². The Kier molecular flexibility index (Phi) is 5.48. The molecular formula is C22H12BrN3O7. The fourth-order valence-electron chi connectivity index (χ4n) is 3.74. The van der Waals surface area contributed by atoms with Crippen LogP contribution in [0, 0.1) is 30.3 Å². The zero-order chi connectivity index (χ0) is 23.9. The second kappa shape index (κ2) is 8.28.